The molecule has 68 valence electrons. The van der Waals surface area contributed by atoms with Crippen LogP contribution in [-0.4, -0.2) is 14.1 Å². The van der Waals surface area contributed by atoms with Crippen LogP contribution in [0.15, 0.2) is 0 Å². The summed E-state index contributed by atoms with van der Waals surface area (Å²) in [4.78, 5) is 0. The molecule has 0 aliphatic heterocycles. The summed E-state index contributed by atoms with van der Waals surface area (Å²) in [7, 11) is 0. The molecule has 0 aromatic rings. The van der Waals surface area contributed by atoms with Crippen LogP contribution in [0.5, 0.6) is 0 Å². The maximum absolute atomic E-state index is 2.39. The second kappa shape index (κ2) is 6.06. The van der Waals surface area contributed by atoms with Crippen molar-refractivity contribution in [3.05, 3.63) is 0 Å². The van der Waals surface area contributed by atoms with Crippen molar-refractivity contribution in [2.75, 3.05) is 0 Å². The minimum atomic E-state index is -0.454. The fourth-order valence-corrected chi connectivity index (χ4v) is 6.93. The van der Waals surface area contributed by atoms with Gasteiger partial charge in [0.1, 0.15) is 0 Å². The SMILES string of the molecule is C[CH](C)[Al]([CH](C)C)[CH](C)C.N. The molecule has 0 rings (SSSR count). The van der Waals surface area contributed by atoms with Crippen LogP contribution in [0.2, 0.25) is 14.3 Å². The average Bonchev–Trinajstić information content (AvgIpc) is 1.59. The van der Waals surface area contributed by atoms with Crippen molar-refractivity contribution in [1.29, 1.82) is 0 Å². The number of rotatable bonds is 3. The van der Waals surface area contributed by atoms with Crippen LogP contribution in [-0.2, 0) is 0 Å². The monoisotopic (exact) mass is 173 g/mol. The van der Waals surface area contributed by atoms with E-state index < -0.39 is 14.1 Å². The van der Waals surface area contributed by atoms with E-state index in [9.17, 15) is 0 Å². The molecule has 0 saturated heterocycles. The van der Waals surface area contributed by atoms with Crippen molar-refractivity contribution in [2.45, 2.75) is 55.9 Å². The fourth-order valence-electron chi connectivity index (χ4n) is 2.31. The Morgan fingerprint density at radius 2 is 0.818 bits per heavy atom. The molecule has 1 nitrogen and oxygen atoms in total. The highest BCUT2D eigenvalue weighted by Crippen LogP contribution is 2.28. The molecule has 0 aromatic carbocycles. The molecular formula is C9H24AlN. The minimum absolute atomic E-state index is 0. The topological polar surface area (TPSA) is 35.0 Å². The lowest BCUT2D eigenvalue weighted by atomic mass is 10.5. The summed E-state index contributed by atoms with van der Waals surface area (Å²) in [5, 5.41) is 0. The first-order valence-corrected chi connectivity index (χ1v) is 6.46. The Kier molecular flexibility index (Phi) is 7.73. The molecule has 0 aromatic heterocycles. The van der Waals surface area contributed by atoms with Gasteiger partial charge in [-0.15, -0.1) is 0 Å². The summed E-state index contributed by atoms with van der Waals surface area (Å²) in [6, 6.07) is 0. The highest BCUT2D eigenvalue weighted by atomic mass is 27.2. The normalized spacial score (nSPS) is 10.6. The van der Waals surface area contributed by atoms with Gasteiger partial charge in [0.25, 0.3) is 14.1 Å². The van der Waals surface area contributed by atoms with Crippen LogP contribution in [0.3, 0.4) is 0 Å². The zero-order valence-electron chi connectivity index (χ0n) is 9.02. The van der Waals surface area contributed by atoms with E-state index in [0.717, 1.165) is 14.3 Å². The van der Waals surface area contributed by atoms with Crippen LogP contribution in [0.25, 0.3) is 0 Å². The van der Waals surface area contributed by atoms with E-state index in [1.807, 2.05) is 0 Å². The van der Waals surface area contributed by atoms with Gasteiger partial charge in [0, 0.05) is 0 Å². The summed E-state index contributed by atoms with van der Waals surface area (Å²) < 4.78 is 2.92. The molecule has 2 heteroatoms. The van der Waals surface area contributed by atoms with Crippen molar-refractivity contribution < 1.29 is 0 Å². The summed E-state index contributed by atoms with van der Waals surface area (Å²) >= 11 is -0.454. The van der Waals surface area contributed by atoms with Gasteiger partial charge in [0.05, 0.1) is 0 Å². The second-order valence-corrected chi connectivity index (χ2v) is 9.46. The maximum atomic E-state index is 2.39. The van der Waals surface area contributed by atoms with Crippen LogP contribution in [0, 0.1) is 0 Å². The number of hydrogen-bond donors (Lipinski definition) is 1. The van der Waals surface area contributed by atoms with Gasteiger partial charge < -0.3 is 6.15 Å². The average molecular weight is 173 g/mol. The molecule has 0 heterocycles. The van der Waals surface area contributed by atoms with Crippen molar-refractivity contribution in [1.82, 2.24) is 6.15 Å². The highest BCUT2D eigenvalue weighted by Gasteiger charge is 2.27. The molecule has 3 N–H and O–H groups in total. The summed E-state index contributed by atoms with van der Waals surface area (Å²) in [5.74, 6) is 0. The first-order chi connectivity index (χ1) is 4.46. The van der Waals surface area contributed by atoms with E-state index in [-0.39, 0.29) is 6.15 Å². The zero-order chi connectivity index (χ0) is 8.31. The van der Waals surface area contributed by atoms with Gasteiger partial charge in [0.2, 0.25) is 0 Å². The standard InChI is InChI=1S/3C3H7.Al.H3N/c3*1-3-2;;/h3*3H,1-2H3;;1H3. The Hall–Kier alpha value is 0.492. The lowest BCUT2D eigenvalue weighted by Crippen LogP contribution is -2.24. The predicted molar refractivity (Wildman–Crippen MR) is 56.1 cm³/mol. The maximum Gasteiger partial charge on any atom is 0.270 e. The van der Waals surface area contributed by atoms with E-state index in [0.29, 0.717) is 0 Å². The first kappa shape index (κ1) is 14.0. The smallest absolute Gasteiger partial charge is 0.270 e. The van der Waals surface area contributed by atoms with Crippen molar-refractivity contribution in [3.8, 4) is 0 Å². The molecule has 0 fully saturated rings. The molecule has 0 aliphatic rings. The molecule has 0 radical (unpaired) electrons. The van der Waals surface area contributed by atoms with E-state index in [2.05, 4.69) is 41.5 Å². The molecule has 0 atom stereocenters. The molecule has 0 amide bonds. The van der Waals surface area contributed by atoms with Gasteiger partial charge in [-0.2, -0.15) is 0 Å². The predicted octanol–water partition coefficient (Wildman–Crippen LogP) is 3.87. The number of hydrogen-bond acceptors (Lipinski definition) is 1. The zero-order valence-corrected chi connectivity index (χ0v) is 10.2. The van der Waals surface area contributed by atoms with Gasteiger partial charge in [-0.3, -0.25) is 0 Å². The molecular weight excluding hydrogens is 149 g/mol. The Bertz CT molecular complexity index is 70.5. The lowest BCUT2D eigenvalue weighted by Gasteiger charge is -2.22. The van der Waals surface area contributed by atoms with E-state index in [4.69, 9.17) is 0 Å². The molecule has 11 heavy (non-hydrogen) atoms. The molecule has 0 aliphatic carbocycles. The van der Waals surface area contributed by atoms with E-state index in [1.54, 1.807) is 0 Å². The van der Waals surface area contributed by atoms with Gasteiger partial charge >= 0.3 is 0 Å². The Labute approximate surface area is 76.5 Å². The van der Waals surface area contributed by atoms with Crippen molar-refractivity contribution in [2.24, 2.45) is 0 Å². The van der Waals surface area contributed by atoms with Crippen molar-refractivity contribution >= 4 is 14.1 Å². The van der Waals surface area contributed by atoms with E-state index in [1.165, 1.54) is 0 Å². The Balaban J connectivity index is 0. The molecule has 0 bridgehead atoms. The van der Waals surface area contributed by atoms with Crippen LogP contribution >= 0.6 is 0 Å². The third-order valence-corrected chi connectivity index (χ3v) is 6.93. The summed E-state index contributed by atoms with van der Waals surface area (Å²) in [5.41, 5.74) is 0. The quantitative estimate of drug-likeness (QED) is 0.646. The first-order valence-electron chi connectivity index (χ1n) is 4.46. The van der Waals surface area contributed by atoms with Gasteiger partial charge in [-0.25, -0.2) is 0 Å². The minimum Gasteiger partial charge on any atom is -0.344 e. The lowest BCUT2D eigenvalue weighted by molar-refractivity contribution is 0.863. The summed E-state index contributed by atoms with van der Waals surface area (Å²) in [6.07, 6.45) is 0. The molecule has 0 unspecified atom stereocenters. The summed E-state index contributed by atoms with van der Waals surface area (Å²) in [6.45, 7) is 14.3. The molecule has 0 spiro atoms. The van der Waals surface area contributed by atoms with Crippen molar-refractivity contribution in [3.63, 3.8) is 0 Å². The molecule has 0 saturated carbocycles. The van der Waals surface area contributed by atoms with Crippen LogP contribution < -0.4 is 6.15 Å². The van der Waals surface area contributed by atoms with Crippen LogP contribution in [0.1, 0.15) is 41.5 Å². The second-order valence-electron chi connectivity index (χ2n) is 4.31. The van der Waals surface area contributed by atoms with Gasteiger partial charge in [-0.1, -0.05) is 55.9 Å². The van der Waals surface area contributed by atoms with Gasteiger partial charge in [0.15, 0.2) is 0 Å². The fraction of sp³-hybridized carbons (Fsp3) is 1.00. The largest absolute Gasteiger partial charge is 0.344 e. The highest BCUT2D eigenvalue weighted by molar-refractivity contribution is 6.63. The third kappa shape index (κ3) is 4.85. The Morgan fingerprint density at radius 3 is 0.818 bits per heavy atom. The van der Waals surface area contributed by atoms with Crippen LogP contribution in [0.4, 0.5) is 0 Å². The third-order valence-electron chi connectivity index (χ3n) is 2.31. The Morgan fingerprint density at radius 1 is 0.636 bits per heavy atom. The van der Waals surface area contributed by atoms with E-state index >= 15 is 0 Å². The van der Waals surface area contributed by atoms with Gasteiger partial charge in [-0.05, 0) is 0 Å².